The van der Waals surface area contributed by atoms with Crippen LogP contribution in [0, 0.1) is 0 Å². The second-order valence-corrected chi connectivity index (χ2v) is 7.70. The van der Waals surface area contributed by atoms with Gasteiger partial charge in [-0.2, -0.15) is 28.2 Å². The summed E-state index contributed by atoms with van der Waals surface area (Å²) in [6, 6.07) is 21.8. The van der Waals surface area contributed by atoms with Crippen molar-refractivity contribution >= 4 is 11.4 Å². The second kappa shape index (κ2) is 20.7. The Bertz CT molecular complexity index is 542. The first-order chi connectivity index (χ1) is 14.7. The van der Waals surface area contributed by atoms with E-state index in [0.717, 1.165) is 11.4 Å². The number of nitrogens with zero attached hydrogens (tertiary/aromatic N) is 4. The fourth-order valence-electron chi connectivity index (χ4n) is 3.52. The normalized spacial score (nSPS) is 15.1. The zero-order valence-electron chi connectivity index (χ0n) is 19.9. The van der Waals surface area contributed by atoms with Gasteiger partial charge in [0.05, 0.1) is 0 Å². The van der Waals surface area contributed by atoms with E-state index in [4.69, 9.17) is 0 Å². The molecule has 168 valence electrons. The largest absolute Gasteiger partial charge is 4.00 e. The van der Waals surface area contributed by atoms with Crippen LogP contribution >= 0.6 is 0 Å². The van der Waals surface area contributed by atoms with E-state index in [9.17, 15) is 0 Å². The van der Waals surface area contributed by atoms with Gasteiger partial charge in [-0.05, 0) is 0 Å². The van der Waals surface area contributed by atoms with Crippen molar-refractivity contribution in [2.75, 3.05) is 28.2 Å². The summed E-state index contributed by atoms with van der Waals surface area (Å²) in [7, 11) is 7.00. The van der Waals surface area contributed by atoms with Crippen LogP contribution in [0.5, 0.6) is 0 Å². The Morgan fingerprint density at radius 2 is 0.774 bits per heavy atom. The van der Waals surface area contributed by atoms with Crippen LogP contribution in [-0.2, 0) is 26.2 Å². The van der Waals surface area contributed by atoms with Crippen molar-refractivity contribution in [3.8, 4) is 0 Å². The van der Waals surface area contributed by atoms with Gasteiger partial charge in [0.15, 0.2) is 0 Å². The Labute approximate surface area is 210 Å². The smallest absolute Gasteiger partial charge is 0.682 e. The van der Waals surface area contributed by atoms with E-state index in [2.05, 4.69) is 45.5 Å². The van der Waals surface area contributed by atoms with E-state index in [1.807, 2.05) is 36.4 Å². The Kier molecular flexibility index (Phi) is 20.0. The summed E-state index contributed by atoms with van der Waals surface area (Å²) < 4.78 is 0. The molecule has 0 saturated heterocycles. The van der Waals surface area contributed by atoms with Crippen molar-refractivity contribution in [1.82, 2.24) is 0 Å². The molecule has 0 N–H and O–H groups in total. The van der Waals surface area contributed by atoms with Gasteiger partial charge in [-0.15, -0.1) is 23.5 Å². The van der Waals surface area contributed by atoms with Gasteiger partial charge in [0.2, 0.25) is 0 Å². The minimum atomic E-state index is 0. The van der Waals surface area contributed by atoms with Gasteiger partial charge in [-0.1, -0.05) is 112 Å². The molecular weight excluding hydrogens is 460 g/mol. The van der Waals surface area contributed by atoms with E-state index in [1.165, 1.54) is 51.4 Å². The molecule has 4 nitrogen and oxygen atoms in total. The molecular formula is C26H40N4Zr. The Morgan fingerprint density at radius 1 is 0.516 bits per heavy atom. The van der Waals surface area contributed by atoms with Gasteiger partial charge in [-0.25, -0.2) is 0 Å². The molecule has 2 aromatic rings. The van der Waals surface area contributed by atoms with Crippen LogP contribution in [0.2, 0.25) is 0 Å². The Hall–Kier alpha value is -1.16. The monoisotopic (exact) mass is 498 g/mol. The van der Waals surface area contributed by atoms with Gasteiger partial charge >= 0.3 is 26.2 Å². The minimum absolute atomic E-state index is 0. The van der Waals surface area contributed by atoms with Crippen LogP contribution in [0.1, 0.15) is 51.4 Å². The van der Waals surface area contributed by atoms with Crippen molar-refractivity contribution in [2.24, 2.45) is 0 Å². The number of para-hydroxylation sites is 2. The van der Waals surface area contributed by atoms with Crippen molar-refractivity contribution in [1.29, 1.82) is 0 Å². The summed E-state index contributed by atoms with van der Waals surface area (Å²) >= 11 is 0. The molecule has 2 saturated carbocycles. The molecule has 4 rings (SSSR count). The van der Waals surface area contributed by atoms with Crippen molar-refractivity contribution in [3.63, 3.8) is 0 Å². The van der Waals surface area contributed by atoms with Gasteiger partial charge in [-0.3, -0.25) is 0 Å². The summed E-state index contributed by atoms with van der Waals surface area (Å²) in [5.74, 6) is 0. The average Bonchev–Trinajstić information content (AvgIpc) is 3.46. The van der Waals surface area contributed by atoms with E-state index in [1.54, 1.807) is 28.2 Å². The van der Waals surface area contributed by atoms with Crippen LogP contribution in [0.25, 0.3) is 21.3 Å². The maximum Gasteiger partial charge on any atom is 4.00 e. The molecule has 2 aliphatic rings. The first-order valence-electron chi connectivity index (χ1n) is 11.2. The van der Waals surface area contributed by atoms with Crippen molar-refractivity contribution in [3.05, 3.63) is 81.9 Å². The molecule has 0 aromatic heterocycles. The van der Waals surface area contributed by atoms with Gasteiger partial charge < -0.3 is 21.3 Å². The first kappa shape index (κ1) is 29.8. The molecule has 0 bridgehead atoms. The Morgan fingerprint density at radius 3 is 1.03 bits per heavy atom. The van der Waals surface area contributed by atoms with E-state index in [-0.39, 0.29) is 26.2 Å². The molecule has 5 heteroatoms. The fraction of sp³-hybridized carbons (Fsp3) is 0.538. The number of hydrogen-bond donors (Lipinski definition) is 0. The average molecular weight is 500 g/mol. The quantitative estimate of drug-likeness (QED) is 0.405. The molecule has 0 atom stereocenters. The summed E-state index contributed by atoms with van der Waals surface area (Å²) in [5.41, 5.74) is 2.29. The molecule has 0 aliphatic heterocycles. The molecule has 0 heterocycles. The van der Waals surface area contributed by atoms with Gasteiger partial charge in [0.25, 0.3) is 0 Å². The van der Waals surface area contributed by atoms with Crippen LogP contribution in [-0.4, -0.2) is 40.3 Å². The fourth-order valence-corrected chi connectivity index (χ4v) is 3.52. The minimum Gasteiger partial charge on any atom is -0.682 e. The van der Waals surface area contributed by atoms with Crippen LogP contribution in [0.3, 0.4) is 0 Å². The van der Waals surface area contributed by atoms with Crippen LogP contribution < -0.4 is 0 Å². The zero-order chi connectivity index (χ0) is 21.9. The second-order valence-electron chi connectivity index (χ2n) is 7.70. The SMILES string of the molecule is C[N-]C.C[N-]C.[Zr+4].c1ccc([N-]C2CCCC2)cc1.c1ccc([N-]C2CCCC2)cc1. The third kappa shape index (κ3) is 15.3. The third-order valence-electron chi connectivity index (χ3n) is 4.83. The Balaban J connectivity index is 0.000000453. The van der Waals surface area contributed by atoms with Crippen molar-refractivity contribution in [2.45, 2.75) is 63.5 Å². The molecule has 31 heavy (non-hydrogen) atoms. The molecule has 0 radical (unpaired) electrons. The van der Waals surface area contributed by atoms with Gasteiger partial charge in [0, 0.05) is 0 Å². The molecule has 2 fully saturated rings. The van der Waals surface area contributed by atoms with Gasteiger partial charge in [0.1, 0.15) is 0 Å². The maximum atomic E-state index is 4.66. The number of hydrogen-bond acceptors (Lipinski definition) is 0. The number of benzene rings is 2. The maximum absolute atomic E-state index is 4.66. The summed E-state index contributed by atoms with van der Waals surface area (Å²) in [4.78, 5) is 0. The zero-order valence-corrected chi connectivity index (χ0v) is 22.3. The van der Waals surface area contributed by atoms with Crippen LogP contribution in [0.4, 0.5) is 11.4 Å². The molecule has 0 amide bonds. The summed E-state index contributed by atoms with van der Waals surface area (Å²) in [6.07, 6.45) is 10.6. The number of rotatable bonds is 4. The van der Waals surface area contributed by atoms with Crippen molar-refractivity contribution < 1.29 is 26.2 Å². The molecule has 2 aromatic carbocycles. The predicted octanol–water partition coefficient (Wildman–Crippen LogP) is 8.51. The van der Waals surface area contributed by atoms with Crippen LogP contribution in [0.15, 0.2) is 60.7 Å². The summed E-state index contributed by atoms with van der Waals surface area (Å²) in [6.45, 7) is 0. The summed E-state index contributed by atoms with van der Waals surface area (Å²) in [5, 5.41) is 16.3. The molecule has 0 unspecified atom stereocenters. The topological polar surface area (TPSA) is 56.4 Å². The molecule has 0 spiro atoms. The third-order valence-corrected chi connectivity index (χ3v) is 4.83. The van der Waals surface area contributed by atoms with E-state index >= 15 is 0 Å². The standard InChI is InChI=1S/2C11H14N.2C2H6N.Zr/c2*1-2-6-10(7-3-1)12-11-8-4-5-9-11;2*1-3-2;/h2*1-3,6-7,11H,4-5,8-9H2;2*1-2H3;/q4*-1;+4. The molecule has 2 aliphatic carbocycles. The van der Waals surface area contributed by atoms with E-state index in [0.29, 0.717) is 12.1 Å². The first-order valence-corrected chi connectivity index (χ1v) is 11.2. The van der Waals surface area contributed by atoms with E-state index < -0.39 is 0 Å². The predicted molar refractivity (Wildman–Crippen MR) is 134 cm³/mol.